The van der Waals surface area contributed by atoms with Crippen LogP contribution in [0.2, 0.25) is 0 Å². The fourth-order valence-corrected chi connectivity index (χ4v) is 1.79. The van der Waals surface area contributed by atoms with Crippen molar-refractivity contribution in [3.8, 4) is 0 Å². The first-order valence-electron chi connectivity index (χ1n) is 6.00. The Kier molecular flexibility index (Phi) is 4.08. The second-order valence-electron chi connectivity index (χ2n) is 4.06. The Morgan fingerprint density at radius 1 is 1.35 bits per heavy atom. The van der Waals surface area contributed by atoms with Crippen molar-refractivity contribution in [3.05, 3.63) is 34.7 Å². The fourth-order valence-electron chi connectivity index (χ4n) is 1.79. The van der Waals surface area contributed by atoms with Gasteiger partial charge in [-0.05, 0) is 0 Å². The van der Waals surface area contributed by atoms with Gasteiger partial charge in [-0.25, -0.2) is 15.0 Å². The molecule has 0 saturated carbocycles. The van der Waals surface area contributed by atoms with Crippen LogP contribution < -0.4 is 10.6 Å². The molecule has 0 saturated heterocycles. The van der Waals surface area contributed by atoms with Crippen LogP contribution in [0.5, 0.6) is 0 Å². The third-order valence-corrected chi connectivity index (χ3v) is 2.80. The van der Waals surface area contributed by atoms with Crippen molar-refractivity contribution in [2.75, 3.05) is 24.2 Å². The Bertz CT molecular complexity index is 611. The molecule has 0 aliphatic rings. The lowest BCUT2D eigenvalue weighted by atomic mass is 10.3. The lowest BCUT2D eigenvalue weighted by molar-refractivity contribution is -0.383. The lowest BCUT2D eigenvalue weighted by Crippen LogP contribution is -2.12. The molecular formula is C11H15N7O2. The number of aromatic nitrogens is 4. The van der Waals surface area contributed by atoms with E-state index < -0.39 is 4.92 Å². The summed E-state index contributed by atoms with van der Waals surface area (Å²) in [5.74, 6) is 1.27. The van der Waals surface area contributed by atoms with Gasteiger partial charge in [-0.2, -0.15) is 0 Å². The van der Waals surface area contributed by atoms with Crippen molar-refractivity contribution >= 4 is 17.3 Å². The van der Waals surface area contributed by atoms with Gasteiger partial charge < -0.3 is 15.2 Å². The number of hydrogen-bond donors (Lipinski definition) is 2. The van der Waals surface area contributed by atoms with Crippen molar-refractivity contribution in [3.63, 3.8) is 0 Å². The fraction of sp³-hybridized carbons (Fsp3) is 0.364. The number of imidazole rings is 1. The molecule has 2 rings (SSSR count). The highest BCUT2D eigenvalue weighted by atomic mass is 16.6. The maximum atomic E-state index is 11.1. The van der Waals surface area contributed by atoms with Crippen LogP contribution in [-0.4, -0.2) is 38.0 Å². The van der Waals surface area contributed by atoms with E-state index in [9.17, 15) is 10.1 Å². The first-order chi connectivity index (χ1) is 9.63. The summed E-state index contributed by atoms with van der Waals surface area (Å²) in [4.78, 5) is 22.5. The van der Waals surface area contributed by atoms with Crippen molar-refractivity contribution in [2.24, 2.45) is 7.05 Å². The van der Waals surface area contributed by atoms with E-state index in [0.29, 0.717) is 13.0 Å². The van der Waals surface area contributed by atoms with Gasteiger partial charge in [-0.15, -0.1) is 0 Å². The number of anilines is 2. The SMILES string of the molecule is CNc1ncnc(NCCc2nccn2C)c1[N+](=O)[O-]. The molecule has 0 unspecified atom stereocenters. The number of hydrogen-bond acceptors (Lipinski definition) is 7. The molecule has 0 spiro atoms. The average molecular weight is 277 g/mol. The van der Waals surface area contributed by atoms with Crippen LogP contribution in [0.1, 0.15) is 5.82 Å². The lowest BCUT2D eigenvalue weighted by Gasteiger charge is -2.08. The third-order valence-electron chi connectivity index (χ3n) is 2.80. The minimum Gasteiger partial charge on any atom is -0.367 e. The first kappa shape index (κ1) is 13.7. The highest BCUT2D eigenvalue weighted by Gasteiger charge is 2.21. The molecule has 0 atom stereocenters. The van der Waals surface area contributed by atoms with Gasteiger partial charge in [0.15, 0.2) is 0 Å². The van der Waals surface area contributed by atoms with Gasteiger partial charge in [0.05, 0.1) is 4.92 Å². The molecule has 0 aliphatic carbocycles. The maximum Gasteiger partial charge on any atom is 0.353 e. The van der Waals surface area contributed by atoms with Gasteiger partial charge in [0.25, 0.3) is 0 Å². The average Bonchev–Trinajstić information content (AvgIpc) is 2.84. The second-order valence-corrected chi connectivity index (χ2v) is 4.06. The van der Waals surface area contributed by atoms with Crippen LogP contribution in [0.15, 0.2) is 18.7 Å². The Labute approximate surface area is 115 Å². The van der Waals surface area contributed by atoms with Crippen LogP contribution in [0, 0.1) is 10.1 Å². The van der Waals surface area contributed by atoms with Gasteiger partial charge >= 0.3 is 5.69 Å². The van der Waals surface area contributed by atoms with E-state index in [1.54, 1.807) is 13.2 Å². The summed E-state index contributed by atoms with van der Waals surface area (Å²) in [5, 5.41) is 16.7. The van der Waals surface area contributed by atoms with Crippen molar-refractivity contribution in [1.82, 2.24) is 19.5 Å². The molecule has 0 amide bonds. The van der Waals surface area contributed by atoms with Gasteiger partial charge in [0, 0.05) is 39.5 Å². The zero-order chi connectivity index (χ0) is 14.5. The summed E-state index contributed by atoms with van der Waals surface area (Å²) < 4.78 is 1.90. The largest absolute Gasteiger partial charge is 0.367 e. The van der Waals surface area contributed by atoms with Crippen molar-refractivity contribution in [1.29, 1.82) is 0 Å². The number of rotatable bonds is 6. The standard InChI is InChI=1S/C11H15N7O2/c1-12-10-9(18(19)20)11(16-7-15-10)14-4-3-8-13-5-6-17(8)2/h5-7H,3-4H2,1-2H3,(H2,12,14,15,16). The molecule has 2 aromatic heterocycles. The molecule has 0 aliphatic heterocycles. The summed E-state index contributed by atoms with van der Waals surface area (Å²) in [5.41, 5.74) is -0.158. The van der Waals surface area contributed by atoms with Gasteiger partial charge in [0.1, 0.15) is 12.2 Å². The molecule has 106 valence electrons. The van der Waals surface area contributed by atoms with E-state index in [1.165, 1.54) is 6.33 Å². The Morgan fingerprint density at radius 3 is 2.70 bits per heavy atom. The zero-order valence-corrected chi connectivity index (χ0v) is 11.2. The van der Waals surface area contributed by atoms with Crippen LogP contribution in [-0.2, 0) is 13.5 Å². The van der Waals surface area contributed by atoms with E-state index in [2.05, 4.69) is 25.6 Å². The minimum absolute atomic E-state index is 0.158. The molecule has 2 heterocycles. The topological polar surface area (TPSA) is 111 Å². The predicted molar refractivity (Wildman–Crippen MR) is 73.6 cm³/mol. The first-order valence-corrected chi connectivity index (χ1v) is 6.00. The van der Waals surface area contributed by atoms with Crippen molar-refractivity contribution in [2.45, 2.75) is 6.42 Å². The molecule has 0 radical (unpaired) electrons. The number of nitrogens with one attached hydrogen (secondary N) is 2. The van der Waals surface area contributed by atoms with Gasteiger partial charge in [-0.1, -0.05) is 0 Å². The highest BCUT2D eigenvalue weighted by molar-refractivity contribution is 5.68. The van der Waals surface area contributed by atoms with Crippen LogP contribution in [0.3, 0.4) is 0 Å². The van der Waals surface area contributed by atoms with E-state index in [4.69, 9.17) is 0 Å². The molecule has 2 N–H and O–H groups in total. The van der Waals surface area contributed by atoms with Crippen LogP contribution in [0.25, 0.3) is 0 Å². The van der Waals surface area contributed by atoms with E-state index in [0.717, 1.165) is 5.82 Å². The third kappa shape index (κ3) is 2.82. The normalized spacial score (nSPS) is 10.3. The minimum atomic E-state index is -0.505. The Hall–Kier alpha value is -2.71. The highest BCUT2D eigenvalue weighted by Crippen LogP contribution is 2.28. The molecule has 0 fully saturated rings. The molecule has 0 bridgehead atoms. The molecule has 2 aromatic rings. The van der Waals surface area contributed by atoms with Crippen LogP contribution in [0.4, 0.5) is 17.3 Å². The molecule has 0 aromatic carbocycles. The molecular weight excluding hydrogens is 262 g/mol. The van der Waals surface area contributed by atoms with E-state index >= 15 is 0 Å². The van der Waals surface area contributed by atoms with Crippen LogP contribution >= 0.6 is 0 Å². The molecule has 9 heteroatoms. The number of nitro groups is 1. The summed E-state index contributed by atoms with van der Waals surface area (Å²) in [6.45, 7) is 0.492. The Morgan fingerprint density at radius 2 is 2.10 bits per heavy atom. The molecule has 20 heavy (non-hydrogen) atoms. The Balaban J connectivity index is 2.09. The van der Waals surface area contributed by atoms with E-state index in [1.807, 2.05) is 17.8 Å². The number of nitrogens with zero attached hydrogens (tertiary/aromatic N) is 5. The van der Waals surface area contributed by atoms with Crippen molar-refractivity contribution < 1.29 is 4.92 Å². The number of aryl methyl sites for hydroxylation is 1. The smallest absolute Gasteiger partial charge is 0.353 e. The quantitative estimate of drug-likeness (QED) is 0.593. The monoisotopic (exact) mass is 277 g/mol. The summed E-state index contributed by atoms with van der Waals surface area (Å²) in [6.07, 6.45) is 5.48. The predicted octanol–water partition coefficient (Wildman–Crippen LogP) is 0.815. The zero-order valence-electron chi connectivity index (χ0n) is 11.2. The van der Waals surface area contributed by atoms with Gasteiger partial charge in [0.2, 0.25) is 11.6 Å². The van der Waals surface area contributed by atoms with E-state index in [-0.39, 0.29) is 17.3 Å². The maximum absolute atomic E-state index is 11.1. The molecule has 9 nitrogen and oxygen atoms in total. The second kappa shape index (κ2) is 5.95. The summed E-state index contributed by atoms with van der Waals surface area (Å²) in [7, 11) is 3.47. The summed E-state index contributed by atoms with van der Waals surface area (Å²) >= 11 is 0. The summed E-state index contributed by atoms with van der Waals surface area (Å²) in [6, 6.07) is 0. The van der Waals surface area contributed by atoms with Gasteiger partial charge in [-0.3, -0.25) is 10.1 Å².